The van der Waals surface area contributed by atoms with E-state index in [0.29, 0.717) is 31.6 Å². The third kappa shape index (κ3) is 8.36. The third-order valence-corrected chi connectivity index (χ3v) is 7.06. The summed E-state index contributed by atoms with van der Waals surface area (Å²) in [7, 11) is 0. The molecule has 1 aliphatic heterocycles. The number of allylic oxidation sites excluding steroid dienone is 2. The normalized spacial score (nSPS) is 27.3. The fourth-order valence-electron chi connectivity index (χ4n) is 4.16. The van der Waals surface area contributed by atoms with Gasteiger partial charge in [-0.2, -0.15) is 0 Å². The number of aryl methyl sites for hydroxylation is 1. The Labute approximate surface area is 196 Å². The zero-order valence-corrected chi connectivity index (χ0v) is 21.2. The van der Waals surface area contributed by atoms with E-state index in [0.717, 1.165) is 17.0 Å². The molecule has 2 heterocycles. The number of hydrogen-bond acceptors (Lipinski definition) is 5. The first-order valence-electron chi connectivity index (χ1n) is 11.6. The van der Waals surface area contributed by atoms with Gasteiger partial charge in [-0.3, -0.25) is 9.59 Å². The molecule has 0 aliphatic carbocycles. The van der Waals surface area contributed by atoms with Crippen molar-refractivity contribution >= 4 is 29.0 Å². The molecule has 0 spiro atoms. The van der Waals surface area contributed by atoms with E-state index < -0.39 is 11.3 Å². The average molecular weight is 464 g/mol. The minimum Gasteiger partial charge on any atom is -0.378 e. The van der Waals surface area contributed by atoms with E-state index in [9.17, 15) is 9.59 Å². The van der Waals surface area contributed by atoms with Crippen LogP contribution < -0.4 is 0 Å². The van der Waals surface area contributed by atoms with Crippen LogP contribution in [0.2, 0.25) is 0 Å². The number of ketones is 2. The minimum absolute atomic E-state index is 0.00335. The number of hydrogen-bond donors (Lipinski definition) is 0. The molecule has 3 unspecified atom stereocenters. The zero-order valence-electron chi connectivity index (χ0n) is 20.4. The number of rotatable bonds is 2. The SMILES string of the molecule is CC1=CCC(C(F)=Cc2csc(C)n2)CC(=O)CCC(C)(C)C(=O)C(C)CC(C)OCC1. The van der Waals surface area contributed by atoms with Crippen molar-refractivity contribution in [2.75, 3.05) is 6.61 Å². The predicted molar refractivity (Wildman–Crippen MR) is 129 cm³/mol. The van der Waals surface area contributed by atoms with Gasteiger partial charge in [0.1, 0.15) is 17.4 Å². The second-order valence-electron chi connectivity index (χ2n) is 9.86. The summed E-state index contributed by atoms with van der Waals surface area (Å²) in [6.07, 6.45) is 6.21. The number of thiazole rings is 1. The lowest BCUT2D eigenvalue weighted by atomic mass is 9.76. The minimum atomic E-state index is -0.593. The molecular formula is C26H38FNO3S. The van der Waals surface area contributed by atoms with Crippen LogP contribution in [-0.2, 0) is 14.3 Å². The summed E-state index contributed by atoms with van der Waals surface area (Å²) in [6.45, 7) is 12.2. The van der Waals surface area contributed by atoms with Gasteiger partial charge >= 0.3 is 0 Å². The number of Topliss-reactive ketones (excluding diaryl/α,β-unsaturated/α-hetero) is 2. The molecule has 0 saturated heterocycles. The summed E-state index contributed by atoms with van der Waals surface area (Å²) < 4.78 is 21.1. The van der Waals surface area contributed by atoms with Gasteiger partial charge in [-0.15, -0.1) is 11.3 Å². The molecule has 1 aromatic rings. The highest BCUT2D eigenvalue weighted by molar-refractivity contribution is 7.09. The zero-order chi connectivity index (χ0) is 23.9. The maximum absolute atomic E-state index is 15.2. The average Bonchev–Trinajstić information content (AvgIpc) is 3.12. The lowest BCUT2D eigenvalue weighted by Gasteiger charge is -2.28. The van der Waals surface area contributed by atoms with Crippen molar-refractivity contribution in [3.63, 3.8) is 0 Å². The summed E-state index contributed by atoms with van der Waals surface area (Å²) >= 11 is 1.47. The highest BCUT2D eigenvalue weighted by Gasteiger charge is 2.33. The maximum Gasteiger partial charge on any atom is 0.141 e. The van der Waals surface area contributed by atoms with E-state index in [1.54, 1.807) is 0 Å². The molecule has 3 atom stereocenters. The van der Waals surface area contributed by atoms with Gasteiger partial charge in [-0.1, -0.05) is 32.4 Å². The molecular weight excluding hydrogens is 425 g/mol. The number of halogens is 1. The molecule has 0 fully saturated rings. The Bertz CT molecular complexity index is 855. The van der Waals surface area contributed by atoms with E-state index in [2.05, 4.69) is 4.98 Å². The van der Waals surface area contributed by atoms with Crippen LogP contribution in [0.1, 0.15) is 83.8 Å². The lowest BCUT2D eigenvalue weighted by Crippen LogP contribution is -2.32. The second kappa shape index (κ2) is 12.0. The first-order chi connectivity index (χ1) is 15.0. The van der Waals surface area contributed by atoms with Gasteiger partial charge in [-0.05, 0) is 52.5 Å². The molecule has 0 bridgehead atoms. The molecule has 1 aliphatic rings. The summed E-state index contributed by atoms with van der Waals surface area (Å²) in [5, 5.41) is 2.70. The topological polar surface area (TPSA) is 56.3 Å². The Morgan fingerprint density at radius 3 is 2.62 bits per heavy atom. The molecule has 0 amide bonds. The molecule has 0 aromatic carbocycles. The van der Waals surface area contributed by atoms with Crippen molar-refractivity contribution in [1.82, 2.24) is 4.98 Å². The van der Waals surface area contributed by atoms with Gasteiger partial charge in [0.2, 0.25) is 0 Å². The Morgan fingerprint density at radius 2 is 1.97 bits per heavy atom. The van der Waals surface area contributed by atoms with Crippen molar-refractivity contribution in [2.45, 2.75) is 86.2 Å². The van der Waals surface area contributed by atoms with Crippen LogP contribution in [0.4, 0.5) is 4.39 Å². The van der Waals surface area contributed by atoms with Gasteiger partial charge in [-0.25, -0.2) is 9.37 Å². The van der Waals surface area contributed by atoms with Gasteiger partial charge < -0.3 is 4.74 Å². The van der Waals surface area contributed by atoms with Gasteiger partial charge in [0, 0.05) is 35.5 Å². The lowest BCUT2D eigenvalue weighted by molar-refractivity contribution is -0.132. The first kappa shape index (κ1) is 26.6. The van der Waals surface area contributed by atoms with Crippen molar-refractivity contribution in [3.05, 3.63) is 33.6 Å². The van der Waals surface area contributed by atoms with Crippen molar-refractivity contribution in [2.24, 2.45) is 17.3 Å². The quantitative estimate of drug-likeness (QED) is 0.448. The number of aromatic nitrogens is 1. The van der Waals surface area contributed by atoms with Crippen LogP contribution in [0.5, 0.6) is 0 Å². The fourth-order valence-corrected chi connectivity index (χ4v) is 4.73. The second-order valence-corrected chi connectivity index (χ2v) is 10.9. The molecule has 6 heteroatoms. The summed E-state index contributed by atoms with van der Waals surface area (Å²) in [5.74, 6) is -0.816. The van der Waals surface area contributed by atoms with Crippen LogP contribution in [0.25, 0.3) is 6.08 Å². The van der Waals surface area contributed by atoms with E-state index >= 15 is 4.39 Å². The molecule has 4 nitrogen and oxygen atoms in total. The Kier molecular flexibility index (Phi) is 9.96. The van der Waals surface area contributed by atoms with Crippen LogP contribution >= 0.6 is 11.3 Å². The fraction of sp³-hybridized carbons (Fsp3) is 0.654. The molecule has 32 heavy (non-hydrogen) atoms. The molecule has 0 radical (unpaired) electrons. The van der Waals surface area contributed by atoms with E-state index in [4.69, 9.17) is 4.74 Å². The predicted octanol–water partition coefficient (Wildman–Crippen LogP) is 6.88. The van der Waals surface area contributed by atoms with Gasteiger partial charge in [0.05, 0.1) is 23.4 Å². The molecule has 178 valence electrons. The van der Waals surface area contributed by atoms with Gasteiger partial charge in [0.25, 0.3) is 0 Å². The largest absolute Gasteiger partial charge is 0.378 e. The van der Waals surface area contributed by atoms with E-state index in [1.807, 2.05) is 53.0 Å². The number of nitrogens with zero attached hydrogens (tertiary/aromatic N) is 1. The number of ether oxygens (including phenoxy) is 1. The van der Waals surface area contributed by atoms with Crippen molar-refractivity contribution in [3.8, 4) is 0 Å². The molecule has 2 rings (SSSR count). The monoisotopic (exact) mass is 463 g/mol. The first-order valence-corrected chi connectivity index (χ1v) is 12.5. The van der Waals surface area contributed by atoms with Crippen LogP contribution in [-0.4, -0.2) is 29.3 Å². The van der Waals surface area contributed by atoms with Crippen LogP contribution in [0.15, 0.2) is 22.9 Å². The Hall–Kier alpha value is -1.66. The van der Waals surface area contributed by atoms with Crippen LogP contribution in [0.3, 0.4) is 0 Å². The highest BCUT2D eigenvalue weighted by atomic mass is 32.1. The Balaban J connectivity index is 2.23. The maximum atomic E-state index is 15.2. The molecule has 1 aromatic heterocycles. The summed E-state index contributed by atoms with van der Waals surface area (Å²) in [6, 6.07) is 0. The highest BCUT2D eigenvalue weighted by Crippen LogP contribution is 2.32. The van der Waals surface area contributed by atoms with Crippen LogP contribution in [0, 0.1) is 24.2 Å². The standard InChI is InChI=1S/C26H38FNO3S/c1-17-7-8-21(24(27)15-22-16-32-20(4)28-22)14-23(29)9-11-26(5,6)25(30)18(2)13-19(3)31-12-10-17/h7,15-16,18-19,21H,8-14H2,1-6H3. The molecule has 0 N–H and O–H groups in total. The van der Waals surface area contributed by atoms with Crippen molar-refractivity contribution in [1.29, 1.82) is 0 Å². The summed E-state index contributed by atoms with van der Waals surface area (Å²) in [5.41, 5.74) is 1.11. The third-order valence-electron chi connectivity index (χ3n) is 6.27. The van der Waals surface area contributed by atoms with Crippen molar-refractivity contribution < 1.29 is 18.7 Å². The van der Waals surface area contributed by atoms with E-state index in [1.165, 1.54) is 17.4 Å². The number of carbonyl (C=O) groups excluding carboxylic acids is 2. The summed E-state index contributed by atoms with van der Waals surface area (Å²) in [4.78, 5) is 30.1. The molecule has 0 saturated carbocycles. The van der Waals surface area contributed by atoms with E-state index in [-0.39, 0.29) is 42.3 Å². The Morgan fingerprint density at radius 1 is 1.25 bits per heavy atom. The smallest absolute Gasteiger partial charge is 0.141 e. The van der Waals surface area contributed by atoms with Gasteiger partial charge in [0.15, 0.2) is 0 Å². The number of carbonyl (C=O) groups is 2.